The molecule has 148 valence electrons. The van der Waals surface area contributed by atoms with Crippen LogP contribution < -0.4 is 5.32 Å². The van der Waals surface area contributed by atoms with Crippen LogP contribution in [0.15, 0.2) is 24.3 Å². The fourth-order valence-corrected chi connectivity index (χ4v) is 3.95. The van der Waals surface area contributed by atoms with E-state index in [9.17, 15) is 14.7 Å². The predicted molar refractivity (Wildman–Crippen MR) is 105 cm³/mol. The minimum Gasteiger partial charge on any atom is -0.508 e. The van der Waals surface area contributed by atoms with Gasteiger partial charge in [-0.3, -0.25) is 4.79 Å². The van der Waals surface area contributed by atoms with Gasteiger partial charge in [0.25, 0.3) is 0 Å². The third kappa shape index (κ3) is 5.37. The molecular formula is C21H31N3O3. The van der Waals surface area contributed by atoms with E-state index in [2.05, 4.69) is 5.32 Å². The van der Waals surface area contributed by atoms with Crippen molar-refractivity contribution in [2.45, 2.75) is 51.5 Å². The van der Waals surface area contributed by atoms with Crippen LogP contribution in [-0.4, -0.2) is 59.1 Å². The van der Waals surface area contributed by atoms with Gasteiger partial charge in [0.1, 0.15) is 5.75 Å². The van der Waals surface area contributed by atoms with Crippen LogP contribution in [0.4, 0.5) is 4.79 Å². The summed E-state index contributed by atoms with van der Waals surface area (Å²) in [6.07, 6.45) is 5.48. The second-order valence-electron chi connectivity index (χ2n) is 7.85. The van der Waals surface area contributed by atoms with Crippen LogP contribution in [0.1, 0.15) is 44.6 Å². The summed E-state index contributed by atoms with van der Waals surface area (Å²) in [6, 6.07) is 7.24. The molecular weight excluding hydrogens is 342 g/mol. The van der Waals surface area contributed by atoms with Crippen LogP contribution in [0.2, 0.25) is 0 Å². The molecule has 6 heteroatoms. The highest BCUT2D eigenvalue weighted by molar-refractivity contribution is 5.80. The number of urea groups is 1. The van der Waals surface area contributed by atoms with Crippen molar-refractivity contribution in [3.8, 4) is 5.75 Å². The van der Waals surface area contributed by atoms with Gasteiger partial charge in [0.15, 0.2) is 0 Å². The lowest BCUT2D eigenvalue weighted by Gasteiger charge is -2.33. The van der Waals surface area contributed by atoms with Crippen molar-refractivity contribution in [1.29, 1.82) is 0 Å². The topological polar surface area (TPSA) is 72.9 Å². The number of benzene rings is 1. The summed E-state index contributed by atoms with van der Waals surface area (Å²) in [5, 5.41) is 12.4. The van der Waals surface area contributed by atoms with Crippen LogP contribution in [0.25, 0.3) is 0 Å². The monoisotopic (exact) mass is 373 g/mol. The fraction of sp³-hybridized carbons (Fsp3) is 0.619. The maximum Gasteiger partial charge on any atom is 0.317 e. The van der Waals surface area contributed by atoms with Gasteiger partial charge in [-0.25, -0.2) is 4.79 Å². The normalized spacial score (nSPS) is 19.1. The largest absolute Gasteiger partial charge is 0.508 e. The SMILES string of the molecule is CC(CCc1ccc(O)cc1)NC(=O)N1CCC(C(=O)N2CCCC2)CC1. The summed E-state index contributed by atoms with van der Waals surface area (Å²) in [5.74, 6) is 0.639. The van der Waals surface area contributed by atoms with E-state index in [0.29, 0.717) is 13.1 Å². The van der Waals surface area contributed by atoms with Gasteiger partial charge in [-0.15, -0.1) is 0 Å². The van der Waals surface area contributed by atoms with Crippen molar-refractivity contribution in [2.24, 2.45) is 5.92 Å². The van der Waals surface area contributed by atoms with Gasteiger partial charge in [0.2, 0.25) is 5.91 Å². The molecule has 0 aromatic heterocycles. The molecule has 2 N–H and O–H groups in total. The number of likely N-dealkylation sites (tertiary alicyclic amines) is 2. The molecule has 0 bridgehead atoms. The van der Waals surface area contributed by atoms with E-state index in [1.54, 1.807) is 12.1 Å². The van der Waals surface area contributed by atoms with E-state index in [0.717, 1.165) is 57.2 Å². The maximum atomic E-state index is 12.5. The number of amides is 3. The first-order valence-corrected chi connectivity index (χ1v) is 10.1. The summed E-state index contributed by atoms with van der Waals surface area (Å²) in [4.78, 5) is 28.8. The Morgan fingerprint density at radius 3 is 2.33 bits per heavy atom. The maximum absolute atomic E-state index is 12.5. The van der Waals surface area contributed by atoms with Crippen molar-refractivity contribution in [3.63, 3.8) is 0 Å². The van der Waals surface area contributed by atoms with Crippen molar-refractivity contribution >= 4 is 11.9 Å². The van der Waals surface area contributed by atoms with E-state index in [-0.39, 0.29) is 29.6 Å². The van der Waals surface area contributed by atoms with Crippen molar-refractivity contribution < 1.29 is 14.7 Å². The molecule has 3 amide bonds. The van der Waals surface area contributed by atoms with E-state index in [1.165, 1.54) is 0 Å². The zero-order chi connectivity index (χ0) is 19.2. The zero-order valence-electron chi connectivity index (χ0n) is 16.2. The summed E-state index contributed by atoms with van der Waals surface area (Å²) in [5.41, 5.74) is 1.15. The molecule has 0 spiro atoms. The second-order valence-corrected chi connectivity index (χ2v) is 7.85. The van der Waals surface area contributed by atoms with Crippen molar-refractivity contribution in [3.05, 3.63) is 29.8 Å². The molecule has 2 saturated heterocycles. The Hall–Kier alpha value is -2.24. The summed E-state index contributed by atoms with van der Waals surface area (Å²) < 4.78 is 0. The number of hydrogen-bond donors (Lipinski definition) is 2. The van der Waals surface area contributed by atoms with Gasteiger partial charge in [-0.1, -0.05) is 12.1 Å². The van der Waals surface area contributed by atoms with E-state index < -0.39 is 0 Å². The second kappa shape index (κ2) is 9.11. The van der Waals surface area contributed by atoms with Crippen LogP contribution in [0.3, 0.4) is 0 Å². The number of phenolic OH excluding ortho intramolecular Hbond substituents is 1. The highest BCUT2D eigenvalue weighted by Gasteiger charge is 2.31. The molecule has 3 rings (SSSR count). The van der Waals surface area contributed by atoms with E-state index in [1.807, 2.05) is 28.9 Å². The first kappa shape index (κ1) is 19.5. The number of piperidine rings is 1. The molecule has 0 aliphatic carbocycles. The number of aryl methyl sites for hydroxylation is 1. The molecule has 27 heavy (non-hydrogen) atoms. The lowest BCUT2D eigenvalue weighted by molar-refractivity contribution is -0.135. The average molecular weight is 373 g/mol. The Balaban J connectivity index is 1.38. The highest BCUT2D eigenvalue weighted by Crippen LogP contribution is 2.22. The van der Waals surface area contributed by atoms with Crippen LogP contribution >= 0.6 is 0 Å². The molecule has 1 atom stereocenters. The molecule has 1 aromatic carbocycles. The first-order valence-electron chi connectivity index (χ1n) is 10.1. The molecule has 0 saturated carbocycles. The summed E-state index contributed by atoms with van der Waals surface area (Å²) in [6.45, 7) is 5.12. The number of aromatic hydroxyl groups is 1. The molecule has 2 heterocycles. The Labute approximate surface area is 161 Å². The Morgan fingerprint density at radius 2 is 1.70 bits per heavy atom. The van der Waals surface area contributed by atoms with Crippen molar-refractivity contribution in [2.75, 3.05) is 26.2 Å². The van der Waals surface area contributed by atoms with Gasteiger partial charge >= 0.3 is 6.03 Å². The quantitative estimate of drug-likeness (QED) is 0.834. The third-order valence-corrected chi connectivity index (χ3v) is 5.72. The molecule has 0 radical (unpaired) electrons. The minimum atomic E-state index is -0.0275. The minimum absolute atomic E-state index is 0.0275. The molecule has 2 aliphatic heterocycles. The Kier molecular flexibility index (Phi) is 6.58. The third-order valence-electron chi connectivity index (χ3n) is 5.72. The summed E-state index contributed by atoms with van der Waals surface area (Å²) >= 11 is 0. The fourth-order valence-electron chi connectivity index (χ4n) is 3.95. The number of carbonyl (C=O) groups excluding carboxylic acids is 2. The smallest absolute Gasteiger partial charge is 0.317 e. The number of nitrogens with one attached hydrogen (secondary N) is 1. The number of carbonyl (C=O) groups is 2. The molecule has 2 fully saturated rings. The van der Waals surface area contributed by atoms with E-state index >= 15 is 0 Å². The first-order chi connectivity index (χ1) is 13.0. The average Bonchev–Trinajstić information content (AvgIpc) is 3.22. The van der Waals surface area contributed by atoms with Gasteiger partial charge < -0.3 is 20.2 Å². The molecule has 1 unspecified atom stereocenters. The van der Waals surface area contributed by atoms with E-state index in [4.69, 9.17) is 0 Å². The van der Waals surface area contributed by atoms with Gasteiger partial charge in [-0.05, 0) is 63.1 Å². The van der Waals surface area contributed by atoms with Gasteiger partial charge in [0, 0.05) is 38.1 Å². The van der Waals surface area contributed by atoms with Crippen LogP contribution in [0, 0.1) is 5.92 Å². The lowest BCUT2D eigenvalue weighted by atomic mass is 9.95. The predicted octanol–water partition coefficient (Wildman–Crippen LogP) is 2.76. The number of hydrogen-bond acceptors (Lipinski definition) is 3. The Morgan fingerprint density at radius 1 is 1.07 bits per heavy atom. The number of nitrogens with zero attached hydrogens (tertiary/aromatic N) is 2. The van der Waals surface area contributed by atoms with Crippen LogP contribution in [0.5, 0.6) is 5.75 Å². The van der Waals surface area contributed by atoms with Gasteiger partial charge in [-0.2, -0.15) is 0 Å². The molecule has 1 aromatic rings. The molecule has 6 nitrogen and oxygen atoms in total. The standard InChI is InChI=1S/C21H31N3O3/c1-16(4-5-17-6-8-19(25)9-7-17)22-21(27)24-14-10-18(11-15-24)20(26)23-12-2-3-13-23/h6-9,16,18,25H,2-5,10-15H2,1H3,(H,22,27). The Bertz CT molecular complexity index is 633. The highest BCUT2D eigenvalue weighted by atomic mass is 16.3. The summed E-state index contributed by atoms with van der Waals surface area (Å²) in [7, 11) is 0. The zero-order valence-corrected chi connectivity index (χ0v) is 16.2. The molecule has 2 aliphatic rings. The van der Waals surface area contributed by atoms with Gasteiger partial charge in [0.05, 0.1) is 0 Å². The number of rotatable bonds is 5. The number of phenols is 1. The lowest BCUT2D eigenvalue weighted by Crippen LogP contribution is -2.49. The van der Waals surface area contributed by atoms with Crippen LogP contribution in [-0.2, 0) is 11.2 Å². The van der Waals surface area contributed by atoms with Crippen molar-refractivity contribution in [1.82, 2.24) is 15.1 Å².